The molecule has 2 aliphatic heterocycles. The molecule has 0 saturated carbocycles. The van der Waals surface area contributed by atoms with Gasteiger partial charge in [0.2, 0.25) is 7.29 Å². The van der Waals surface area contributed by atoms with Crippen molar-refractivity contribution in [2.45, 2.75) is 25.3 Å². The zero-order chi connectivity index (χ0) is 24.6. The van der Waals surface area contributed by atoms with Gasteiger partial charge in [0.05, 0.1) is 10.1 Å². The van der Waals surface area contributed by atoms with Crippen LogP contribution in [0.25, 0.3) is 10.1 Å². The van der Waals surface area contributed by atoms with Crippen LogP contribution >= 0.6 is 30.5 Å². The van der Waals surface area contributed by atoms with Crippen molar-refractivity contribution in [2.24, 2.45) is 0 Å². The molecule has 3 aromatic rings. The third-order valence-corrected chi connectivity index (χ3v) is 10.4. The zero-order valence-corrected chi connectivity index (χ0v) is 22.3. The van der Waals surface area contributed by atoms with E-state index in [1.54, 1.807) is 11.6 Å². The Hall–Kier alpha value is -2.29. The van der Waals surface area contributed by atoms with Crippen LogP contribution in [0.15, 0.2) is 90.5 Å². The molecular formula is C29H29Cl2N2OP. The standard InChI is InChI=1S/C29H29Cl2N2OP/c1-21-13-14-28-24(17-21)25-18-32(2)16-15-29(25)33(28)35(34,19-26(30)22-9-5-3-6-10-22)20-27(31)23-11-7-4-8-12-23/h3-14,17,19-20,25,29H,15-16,18H2,1-2H3/b26-19-,27-20-/t25-,29-/m1/s1. The fraction of sp³-hybridized carbons (Fsp3) is 0.241. The van der Waals surface area contributed by atoms with Gasteiger partial charge >= 0.3 is 0 Å². The second kappa shape index (κ2) is 9.99. The molecule has 0 amide bonds. The van der Waals surface area contributed by atoms with Crippen LogP contribution < -0.4 is 4.67 Å². The third kappa shape index (κ3) is 4.88. The molecule has 0 N–H and O–H groups in total. The van der Waals surface area contributed by atoms with Crippen molar-refractivity contribution in [2.75, 3.05) is 24.8 Å². The van der Waals surface area contributed by atoms with Crippen molar-refractivity contribution < 1.29 is 4.57 Å². The molecular weight excluding hydrogens is 494 g/mol. The van der Waals surface area contributed by atoms with Gasteiger partial charge in [-0.25, -0.2) is 0 Å². The summed E-state index contributed by atoms with van der Waals surface area (Å²) in [6.07, 6.45) is 0.923. The van der Waals surface area contributed by atoms with Gasteiger partial charge in [-0.3, -0.25) is 4.57 Å². The summed E-state index contributed by atoms with van der Waals surface area (Å²) in [5, 5.41) is 0.931. The van der Waals surface area contributed by atoms with Crippen LogP contribution in [0.2, 0.25) is 0 Å². The molecule has 6 heteroatoms. The number of hydrogen-bond acceptors (Lipinski definition) is 2. The summed E-state index contributed by atoms with van der Waals surface area (Å²) in [6, 6.07) is 26.0. The summed E-state index contributed by atoms with van der Waals surface area (Å²) in [5.74, 6) is 3.75. The fourth-order valence-electron chi connectivity index (χ4n) is 5.29. The maximum absolute atomic E-state index is 15.2. The van der Waals surface area contributed by atoms with Crippen molar-refractivity contribution in [1.82, 2.24) is 4.90 Å². The largest absolute Gasteiger partial charge is 0.312 e. The first-order valence-electron chi connectivity index (χ1n) is 11.9. The Morgan fingerprint density at radius 1 is 0.914 bits per heavy atom. The van der Waals surface area contributed by atoms with Crippen molar-refractivity contribution in [3.05, 3.63) is 113 Å². The molecule has 0 bridgehead atoms. The quantitative estimate of drug-likeness (QED) is 0.314. The highest BCUT2D eigenvalue weighted by molar-refractivity contribution is 7.72. The molecule has 3 aromatic carbocycles. The zero-order valence-electron chi connectivity index (χ0n) is 19.9. The highest BCUT2D eigenvalue weighted by Gasteiger charge is 2.47. The maximum atomic E-state index is 15.2. The summed E-state index contributed by atoms with van der Waals surface area (Å²) in [5.41, 5.74) is 5.16. The van der Waals surface area contributed by atoms with E-state index in [1.165, 1.54) is 11.1 Å². The van der Waals surface area contributed by atoms with E-state index in [-0.39, 0.29) is 12.0 Å². The molecule has 5 rings (SSSR count). The maximum Gasteiger partial charge on any atom is 0.218 e. The Kier molecular flexibility index (Phi) is 6.97. The Labute approximate surface area is 218 Å². The first kappa shape index (κ1) is 24.4. The van der Waals surface area contributed by atoms with Gasteiger partial charge in [-0.05, 0) is 49.7 Å². The number of piperidine rings is 1. The number of likely N-dealkylation sites (tertiary alicyclic amines) is 1. The van der Waals surface area contributed by atoms with E-state index in [4.69, 9.17) is 23.2 Å². The van der Waals surface area contributed by atoms with Gasteiger partial charge in [-0.1, -0.05) is 102 Å². The monoisotopic (exact) mass is 522 g/mol. The molecule has 0 radical (unpaired) electrons. The Morgan fingerprint density at radius 3 is 2.06 bits per heavy atom. The van der Waals surface area contributed by atoms with E-state index in [2.05, 4.69) is 41.7 Å². The highest BCUT2D eigenvalue weighted by Crippen LogP contribution is 2.65. The molecule has 0 aliphatic carbocycles. The van der Waals surface area contributed by atoms with E-state index in [0.29, 0.717) is 10.1 Å². The number of fused-ring (bicyclic) bond motifs is 3. The smallest absolute Gasteiger partial charge is 0.218 e. The summed E-state index contributed by atoms with van der Waals surface area (Å²) >= 11 is 13.7. The molecule has 35 heavy (non-hydrogen) atoms. The normalized spacial score (nSPS) is 21.1. The van der Waals surface area contributed by atoms with E-state index in [9.17, 15) is 0 Å². The first-order valence-corrected chi connectivity index (χ1v) is 14.5. The fourth-order valence-corrected chi connectivity index (χ4v) is 8.91. The number of halogens is 2. The number of nitrogens with zero attached hydrogens (tertiary/aromatic N) is 2. The van der Waals surface area contributed by atoms with Gasteiger partial charge in [-0.2, -0.15) is 0 Å². The second-order valence-corrected chi connectivity index (χ2v) is 12.6. The Bertz CT molecular complexity index is 1260. The average molecular weight is 523 g/mol. The lowest BCUT2D eigenvalue weighted by molar-refractivity contribution is 0.237. The van der Waals surface area contributed by atoms with Crippen LogP contribution in [0, 0.1) is 6.92 Å². The van der Waals surface area contributed by atoms with Gasteiger partial charge < -0.3 is 9.57 Å². The predicted molar refractivity (Wildman–Crippen MR) is 150 cm³/mol. The van der Waals surface area contributed by atoms with Crippen LogP contribution in [0.5, 0.6) is 0 Å². The Balaban J connectivity index is 1.69. The van der Waals surface area contributed by atoms with Crippen LogP contribution in [-0.2, 0) is 4.57 Å². The lowest BCUT2D eigenvalue weighted by Crippen LogP contribution is -2.43. The Morgan fingerprint density at radius 2 is 1.49 bits per heavy atom. The lowest BCUT2D eigenvalue weighted by atomic mass is 9.89. The molecule has 2 atom stereocenters. The SMILES string of the molecule is Cc1ccc2c(c1)[C@H]1CN(C)CC[C@H]1N2P(=O)(/C=C(\Cl)c1ccccc1)/C=C(\Cl)c1ccccc1. The molecule has 180 valence electrons. The number of rotatable bonds is 5. The van der Waals surface area contributed by atoms with Crippen molar-refractivity contribution in [3.63, 3.8) is 0 Å². The molecule has 1 saturated heterocycles. The van der Waals surface area contributed by atoms with Crippen LogP contribution in [0.3, 0.4) is 0 Å². The minimum absolute atomic E-state index is 0.113. The summed E-state index contributed by atoms with van der Waals surface area (Å²) in [6.45, 7) is 4.00. The molecule has 3 nitrogen and oxygen atoms in total. The van der Waals surface area contributed by atoms with E-state index in [1.807, 2.05) is 60.7 Å². The van der Waals surface area contributed by atoms with Crippen LogP contribution in [-0.4, -0.2) is 31.1 Å². The average Bonchev–Trinajstić information content (AvgIpc) is 3.18. The summed E-state index contributed by atoms with van der Waals surface area (Å²) < 4.78 is 17.3. The summed E-state index contributed by atoms with van der Waals surface area (Å²) in [4.78, 5) is 2.36. The number of anilines is 1. The van der Waals surface area contributed by atoms with E-state index < -0.39 is 7.29 Å². The van der Waals surface area contributed by atoms with Gasteiger partial charge in [-0.15, -0.1) is 0 Å². The summed E-state index contributed by atoms with van der Waals surface area (Å²) in [7, 11) is -1.18. The number of hydrogen-bond donors (Lipinski definition) is 0. The van der Waals surface area contributed by atoms with E-state index >= 15 is 4.57 Å². The molecule has 0 aromatic heterocycles. The van der Waals surface area contributed by atoms with Crippen molar-refractivity contribution >= 4 is 46.2 Å². The van der Waals surface area contributed by atoms with Crippen LogP contribution in [0.1, 0.15) is 34.6 Å². The van der Waals surface area contributed by atoms with Crippen molar-refractivity contribution in [3.8, 4) is 0 Å². The van der Waals surface area contributed by atoms with Gasteiger partial charge in [0.15, 0.2) is 0 Å². The van der Waals surface area contributed by atoms with Crippen molar-refractivity contribution in [1.29, 1.82) is 0 Å². The van der Waals surface area contributed by atoms with Gasteiger partial charge in [0.25, 0.3) is 0 Å². The van der Waals surface area contributed by atoms with E-state index in [0.717, 1.165) is 36.3 Å². The molecule has 0 spiro atoms. The minimum atomic E-state index is -3.34. The molecule has 1 fully saturated rings. The highest BCUT2D eigenvalue weighted by atomic mass is 35.5. The minimum Gasteiger partial charge on any atom is -0.312 e. The molecule has 0 unspecified atom stereocenters. The topological polar surface area (TPSA) is 23.6 Å². The first-order chi connectivity index (χ1) is 16.9. The predicted octanol–water partition coefficient (Wildman–Crippen LogP) is 8.36. The van der Waals surface area contributed by atoms with Crippen LogP contribution in [0.4, 0.5) is 5.69 Å². The molecule has 2 heterocycles. The number of aryl methyl sites for hydroxylation is 1. The van der Waals surface area contributed by atoms with Gasteiger partial charge in [0.1, 0.15) is 0 Å². The third-order valence-electron chi connectivity index (χ3n) is 6.96. The molecule has 2 aliphatic rings. The lowest BCUT2D eigenvalue weighted by Gasteiger charge is -2.39. The second-order valence-electron chi connectivity index (χ2n) is 9.49. The number of likely N-dealkylation sites (N-methyl/N-ethyl adjacent to an activating group) is 1. The number of benzene rings is 3. The van der Waals surface area contributed by atoms with Gasteiger partial charge in [0, 0.05) is 35.8 Å².